The largest absolute Gasteiger partial charge is 0.457 e. The fraction of sp³-hybridized carbons (Fsp3) is 0.0556. The molecule has 0 aliphatic carbocycles. The number of carbonyl (C=O) groups excluding carboxylic acids is 1. The smallest absolute Gasteiger partial charge is 0.339 e. The molecule has 104 valence electrons. The van der Waals surface area contributed by atoms with Crippen molar-refractivity contribution in [1.29, 1.82) is 0 Å². The summed E-state index contributed by atoms with van der Waals surface area (Å²) in [7, 11) is 0. The summed E-state index contributed by atoms with van der Waals surface area (Å²) in [5, 5.41) is 2.00. The van der Waals surface area contributed by atoms with E-state index in [9.17, 15) is 4.79 Å². The highest BCUT2D eigenvalue weighted by atomic mass is 32.1. The first-order chi connectivity index (χ1) is 10.3. The van der Waals surface area contributed by atoms with Gasteiger partial charge in [0.25, 0.3) is 0 Å². The molecule has 0 bridgehead atoms. The monoisotopic (exact) mass is 294 g/mol. The fourth-order valence-corrected chi connectivity index (χ4v) is 2.87. The summed E-state index contributed by atoms with van der Waals surface area (Å²) in [6.07, 6.45) is 0. The van der Waals surface area contributed by atoms with Crippen LogP contribution in [0.1, 0.15) is 15.9 Å². The van der Waals surface area contributed by atoms with Gasteiger partial charge in [-0.1, -0.05) is 54.6 Å². The zero-order valence-corrected chi connectivity index (χ0v) is 12.2. The second kappa shape index (κ2) is 6.37. The summed E-state index contributed by atoms with van der Waals surface area (Å²) in [5.41, 5.74) is 2.51. The number of esters is 1. The lowest BCUT2D eigenvalue weighted by Gasteiger charge is -2.08. The van der Waals surface area contributed by atoms with E-state index in [-0.39, 0.29) is 5.97 Å². The normalized spacial score (nSPS) is 10.3. The summed E-state index contributed by atoms with van der Waals surface area (Å²) >= 11 is 1.61. The molecule has 0 N–H and O–H groups in total. The molecule has 3 rings (SSSR count). The second-order valence-electron chi connectivity index (χ2n) is 4.58. The fourth-order valence-electron chi connectivity index (χ4n) is 2.11. The van der Waals surface area contributed by atoms with Gasteiger partial charge in [0.2, 0.25) is 0 Å². The number of benzene rings is 2. The standard InChI is InChI=1S/C18H14O2S/c19-18(20-13-14-7-2-1-3-8-14)16-10-5-4-9-15(16)17-11-6-12-21-17/h1-12H,13H2. The highest BCUT2D eigenvalue weighted by Gasteiger charge is 2.14. The van der Waals surface area contributed by atoms with Crippen molar-refractivity contribution in [2.45, 2.75) is 6.61 Å². The Bertz CT molecular complexity index is 718. The molecule has 0 saturated heterocycles. The van der Waals surface area contributed by atoms with Crippen molar-refractivity contribution in [3.8, 4) is 10.4 Å². The van der Waals surface area contributed by atoms with Crippen LogP contribution in [0.25, 0.3) is 10.4 Å². The maximum Gasteiger partial charge on any atom is 0.339 e. The van der Waals surface area contributed by atoms with Crippen molar-refractivity contribution >= 4 is 17.3 Å². The van der Waals surface area contributed by atoms with Gasteiger partial charge >= 0.3 is 5.97 Å². The van der Waals surface area contributed by atoms with Crippen LogP contribution in [-0.2, 0) is 11.3 Å². The van der Waals surface area contributed by atoms with Crippen LogP contribution in [0.4, 0.5) is 0 Å². The van der Waals surface area contributed by atoms with E-state index >= 15 is 0 Å². The maximum atomic E-state index is 12.3. The maximum absolute atomic E-state index is 12.3. The van der Waals surface area contributed by atoms with Crippen LogP contribution in [0.3, 0.4) is 0 Å². The van der Waals surface area contributed by atoms with Crippen LogP contribution in [0.2, 0.25) is 0 Å². The molecule has 21 heavy (non-hydrogen) atoms. The number of hydrogen-bond acceptors (Lipinski definition) is 3. The highest BCUT2D eigenvalue weighted by molar-refractivity contribution is 7.13. The topological polar surface area (TPSA) is 26.3 Å². The van der Waals surface area contributed by atoms with Gasteiger partial charge in [-0.05, 0) is 23.1 Å². The van der Waals surface area contributed by atoms with Gasteiger partial charge in [0.15, 0.2) is 0 Å². The zero-order chi connectivity index (χ0) is 14.5. The lowest BCUT2D eigenvalue weighted by molar-refractivity contribution is 0.0473. The predicted molar refractivity (Wildman–Crippen MR) is 85.3 cm³/mol. The Hall–Kier alpha value is -2.39. The summed E-state index contributed by atoms with van der Waals surface area (Å²) in [5.74, 6) is -0.289. The number of hydrogen-bond donors (Lipinski definition) is 0. The molecule has 0 saturated carbocycles. The van der Waals surface area contributed by atoms with Gasteiger partial charge in [-0.15, -0.1) is 11.3 Å². The molecule has 0 radical (unpaired) electrons. The SMILES string of the molecule is O=C(OCc1ccccc1)c1ccccc1-c1cccs1. The lowest BCUT2D eigenvalue weighted by atomic mass is 10.1. The van der Waals surface area contributed by atoms with Gasteiger partial charge in [-0.2, -0.15) is 0 Å². The number of thiophene rings is 1. The second-order valence-corrected chi connectivity index (χ2v) is 5.53. The molecular formula is C18H14O2S. The molecule has 0 atom stereocenters. The molecule has 0 aliphatic rings. The molecular weight excluding hydrogens is 280 g/mol. The van der Waals surface area contributed by atoms with Crippen molar-refractivity contribution < 1.29 is 9.53 Å². The summed E-state index contributed by atoms with van der Waals surface area (Å²) < 4.78 is 5.42. The average Bonchev–Trinajstić information content (AvgIpc) is 3.08. The van der Waals surface area contributed by atoms with Crippen LogP contribution < -0.4 is 0 Å². The Morgan fingerprint density at radius 2 is 1.67 bits per heavy atom. The molecule has 2 nitrogen and oxygen atoms in total. The Kier molecular flexibility index (Phi) is 4.12. The summed E-state index contributed by atoms with van der Waals surface area (Å²) in [6.45, 7) is 0.290. The van der Waals surface area contributed by atoms with Crippen LogP contribution >= 0.6 is 11.3 Å². The molecule has 1 aromatic heterocycles. The van der Waals surface area contributed by atoms with E-state index in [1.54, 1.807) is 11.3 Å². The minimum Gasteiger partial charge on any atom is -0.457 e. The minimum absolute atomic E-state index is 0.289. The third kappa shape index (κ3) is 3.20. The predicted octanol–water partition coefficient (Wildman–Crippen LogP) is 4.77. The molecule has 0 aliphatic heterocycles. The number of carbonyl (C=O) groups is 1. The Morgan fingerprint density at radius 3 is 2.43 bits per heavy atom. The van der Waals surface area contributed by atoms with Gasteiger partial charge in [-0.25, -0.2) is 4.79 Å². The number of ether oxygens (including phenoxy) is 1. The molecule has 0 fully saturated rings. The van der Waals surface area contributed by atoms with Gasteiger partial charge in [0.1, 0.15) is 6.61 Å². The third-order valence-electron chi connectivity index (χ3n) is 3.15. The van der Waals surface area contributed by atoms with Crippen molar-refractivity contribution in [3.05, 3.63) is 83.2 Å². The van der Waals surface area contributed by atoms with Crippen molar-refractivity contribution in [3.63, 3.8) is 0 Å². The Balaban J connectivity index is 1.79. The van der Waals surface area contributed by atoms with E-state index in [0.717, 1.165) is 16.0 Å². The highest BCUT2D eigenvalue weighted by Crippen LogP contribution is 2.28. The Labute approximate surface area is 127 Å². The van der Waals surface area contributed by atoms with Crippen molar-refractivity contribution in [1.82, 2.24) is 0 Å². The molecule has 3 heteroatoms. The molecule has 2 aromatic carbocycles. The van der Waals surface area contributed by atoms with E-state index < -0.39 is 0 Å². The lowest BCUT2D eigenvalue weighted by Crippen LogP contribution is -2.06. The molecule has 3 aromatic rings. The van der Waals surface area contributed by atoms with Gasteiger partial charge in [0.05, 0.1) is 5.56 Å². The first kappa shape index (κ1) is 13.6. The van der Waals surface area contributed by atoms with Crippen LogP contribution in [0, 0.1) is 0 Å². The molecule has 0 spiro atoms. The van der Waals surface area contributed by atoms with E-state index in [1.165, 1.54) is 0 Å². The van der Waals surface area contributed by atoms with E-state index in [1.807, 2.05) is 72.1 Å². The van der Waals surface area contributed by atoms with E-state index in [0.29, 0.717) is 12.2 Å². The zero-order valence-electron chi connectivity index (χ0n) is 11.4. The third-order valence-corrected chi connectivity index (χ3v) is 4.05. The quantitative estimate of drug-likeness (QED) is 0.648. The molecule has 1 heterocycles. The number of rotatable bonds is 4. The van der Waals surface area contributed by atoms with Gasteiger partial charge in [0, 0.05) is 10.4 Å². The first-order valence-electron chi connectivity index (χ1n) is 6.68. The molecule has 0 unspecified atom stereocenters. The van der Waals surface area contributed by atoms with Crippen LogP contribution in [0.15, 0.2) is 72.1 Å². The minimum atomic E-state index is -0.289. The summed E-state index contributed by atoms with van der Waals surface area (Å²) in [4.78, 5) is 13.4. The van der Waals surface area contributed by atoms with Gasteiger partial charge in [-0.3, -0.25) is 0 Å². The first-order valence-corrected chi connectivity index (χ1v) is 7.56. The Morgan fingerprint density at radius 1 is 0.905 bits per heavy atom. The van der Waals surface area contributed by atoms with Crippen molar-refractivity contribution in [2.75, 3.05) is 0 Å². The summed E-state index contributed by atoms with van der Waals surface area (Å²) in [6, 6.07) is 21.2. The average molecular weight is 294 g/mol. The van der Waals surface area contributed by atoms with Crippen LogP contribution in [0.5, 0.6) is 0 Å². The van der Waals surface area contributed by atoms with E-state index in [4.69, 9.17) is 4.74 Å². The molecule has 0 amide bonds. The van der Waals surface area contributed by atoms with Crippen LogP contribution in [-0.4, -0.2) is 5.97 Å². The van der Waals surface area contributed by atoms with Gasteiger partial charge < -0.3 is 4.74 Å². The van der Waals surface area contributed by atoms with E-state index in [2.05, 4.69) is 0 Å². The van der Waals surface area contributed by atoms with Crippen molar-refractivity contribution in [2.24, 2.45) is 0 Å².